The normalized spacial score (nSPS) is 19.4. The second-order valence-electron chi connectivity index (χ2n) is 6.70. The Balaban J connectivity index is 1.80. The molecule has 29 heavy (non-hydrogen) atoms. The number of carboxylic acids is 1. The van der Waals surface area contributed by atoms with Crippen molar-refractivity contribution in [1.82, 2.24) is 4.90 Å². The quantitative estimate of drug-likeness (QED) is 0.706. The Labute approximate surface area is 177 Å². The summed E-state index contributed by atoms with van der Waals surface area (Å²) in [6.45, 7) is 0.496. The molecule has 154 valence electrons. The fourth-order valence-electron chi connectivity index (χ4n) is 3.13. The number of hydrogen-bond donors (Lipinski definition) is 1. The van der Waals surface area contributed by atoms with Gasteiger partial charge in [0.1, 0.15) is 18.8 Å². The Morgan fingerprint density at radius 3 is 2.69 bits per heavy atom. The number of ether oxygens (including phenoxy) is 3. The molecule has 2 aromatic rings. The maximum atomic E-state index is 12.7. The lowest BCUT2D eigenvalue weighted by Gasteiger charge is -2.35. The predicted molar refractivity (Wildman–Crippen MR) is 108 cm³/mol. The molecule has 1 aliphatic rings. The fraction of sp³-hybridized carbons (Fsp3) is 0.333. The zero-order valence-electron chi connectivity index (χ0n) is 15.8. The fourth-order valence-corrected chi connectivity index (χ4v) is 3.53. The lowest BCUT2D eigenvalue weighted by Crippen LogP contribution is -2.47. The molecular formula is C21H22BrNO6. The standard InChI is InChI=1S/C21H22BrNO6/c22-18-8-4-7-17(11-18)21(29-13-19(24)25)14-23(9-10-27-15-21)20(26)28-12-16-5-2-1-3-6-16/h1-8,11H,9-10,12-15H2,(H,24,25). The minimum absolute atomic E-state index is 0.115. The summed E-state index contributed by atoms with van der Waals surface area (Å²) >= 11 is 3.43. The SMILES string of the molecule is O=C(O)COC1(c2cccc(Br)c2)COCCN(C(=O)OCc2ccccc2)C1. The summed E-state index contributed by atoms with van der Waals surface area (Å²) in [6, 6.07) is 16.7. The van der Waals surface area contributed by atoms with Gasteiger partial charge < -0.3 is 24.2 Å². The number of nitrogens with zero attached hydrogens (tertiary/aromatic N) is 1. The Kier molecular flexibility index (Phi) is 7.24. The molecule has 2 aromatic carbocycles. The van der Waals surface area contributed by atoms with Crippen LogP contribution in [-0.4, -0.2) is 55.0 Å². The Morgan fingerprint density at radius 2 is 1.97 bits per heavy atom. The number of halogens is 1. The van der Waals surface area contributed by atoms with Gasteiger partial charge in [0.05, 0.1) is 19.8 Å². The Hall–Kier alpha value is -2.42. The largest absolute Gasteiger partial charge is 0.480 e. The van der Waals surface area contributed by atoms with Gasteiger partial charge in [-0.3, -0.25) is 0 Å². The summed E-state index contributed by atoms with van der Waals surface area (Å²) in [5, 5.41) is 9.14. The third-order valence-electron chi connectivity index (χ3n) is 4.57. The highest BCUT2D eigenvalue weighted by Gasteiger charge is 2.40. The van der Waals surface area contributed by atoms with Crippen LogP contribution in [0.2, 0.25) is 0 Å². The first-order chi connectivity index (χ1) is 14.0. The van der Waals surface area contributed by atoms with E-state index in [4.69, 9.17) is 19.3 Å². The van der Waals surface area contributed by atoms with E-state index in [1.54, 1.807) is 0 Å². The zero-order valence-corrected chi connectivity index (χ0v) is 17.3. The van der Waals surface area contributed by atoms with Gasteiger partial charge in [0.2, 0.25) is 0 Å². The molecular weight excluding hydrogens is 442 g/mol. The van der Waals surface area contributed by atoms with Gasteiger partial charge in [0, 0.05) is 11.0 Å². The Bertz CT molecular complexity index is 846. The van der Waals surface area contributed by atoms with E-state index >= 15 is 0 Å². The van der Waals surface area contributed by atoms with Crippen LogP contribution in [0, 0.1) is 0 Å². The number of amides is 1. The van der Waals surface area contributed by atoms with Crippen LogP contribution in [0.4, 0.5) is 4.79 Å². The van der Waals surface area contributed by atoms with E-state index in [2.05, 4.69) is 15.9 Å². The molecule has 1 atom stereocenters. The molecule has 1 aliphatic heterocycles. The second kappa shape index (κ2) is 9.87. The first-order valence-corrected chi connectivity index (χ1v) is 9.93. The first kappa shape index (κ1) is 21.3. The van der Waals surface area contributed by atoms with Gasteiger partial charge in [-0.05, 0) is 23.3 Å². The molecule has 1 fully saturated rings. The summed E-state index contributed by atoms with van der Waals surface area (Å²) in [5.74, 6) is -1.10. The second-order valence-corrected chi connectivity index (χ2v) is 7.62. The topological polar surface area (TPSA) is 85.3 Å². The van der Waals surface area contributed by atoms with Crippen LogP contribution in [0.5, 0.6) is 0 Å². The zero-order chi connectivity index (χ0) is 20.7. The number of rotatable bonds is 6. The van der Waals surface area contributed by atoms with Crippen molar-refractivity contribution in [2.45, 2.75) is 12.2 Å². The maximum absolute atomic E-state index is 12.7. The van der Waals surface area contributed by atoms with E-state index in [1.165, 1.54) is 4.90 Å². The van der Waals surface area contributed by atoms with Crippen molar-refractivity contribution < 1.29 is 28.9 Å². The van der Waals surface area contributed by atoms with E-state index < -0.39 is 24.3 Å². The maximum Gasteiger partial charge on any atom is 0.410 e. The molecule has 0 saturated carbocycles. The third kappa shape index (κ3) is 5.79. The number of carboxylic acid groups (broad SMARTS) is 1. The van der Waals surface area contributed by atoms with Crippen molar-refractivity contribution in [3.63, 3.8) is 0 Å². The molecule has 1 unspecified atom stereocenters. The summed E-state index contributed by atoms with van der Waals surface area (Å²) in [7, 11) is 0. The number of benzene rings is 2. The minimum atomic E-state index is -1.12. The van der Waals surface area contributed by atoms with Gasteiger partial charge in [0.15, 0.2) is 0 Å². The molecule has 3 rings (SSSR count). The van der Waals surface area contributed by atoms with Crippen molar-refractivity contribution in [3.05, 3.63) is 70.2 Å². The highest BCUT2D eigenvalue weighted by Crippen LogP contribution is 2.31. The van der Waals surface area contributed by atoms with Gasteiger partial charge >= 0.3 is 12.1 Å². The lowest BCUT2D eigenvalue weighted by molar-refractivity contribution is -0.155. The number of carbonyl (C=O) groups excluding carboxylic acids is 1. The molecule has 0 bridgehead atoms. The summed E-state index contributed by atoms with van der Waals surface area (Å²) < 4.78 is 17.8. The van der Waals surface area contributed by atoms with E-state index in [0.717, 1.165) is 15.6 Å². The van der Waals surface area contributed by atoms with Crippen molar-refractivity contribution in [3.8, 4) is 0 Å². The molecule has 0 spiro atoms. The van der Waals surface area contributed by atoms with Crippen LogP contribution in [0.25, 0.3) is 0 Å². The predicted octanol–water partition coefficient (Wildman–Crippen LogP) is 3.41. The Morgan fingerprint density at radius 1 is 1.17 bits per heavy atom. The highest BCUT2D eigenvalue weighted by molar-refractivity contribution is 9.10. The van der Waals surface area contributed by atoms with E-state index in [1.807, 2.05) is 54.6 Å². The molecule has 0 aliphatic carbocycles. The molecule has 1 N–H and O–H groups in total. The first-order valence-electron chi connectivity index (χ1n) is 9.14. The van der Waals surface area contributed by atoms with Crippen molar-refractivity contribution >= 4 is 28.0 Å². The van der Waals surface area contributed by atoms with Gasteiger partial charge in [-0.1, -0.05) is 58.4 Å². The van der Waals surface area contributed by atoms with Crippen LogP contribution >= 0.6 is 15.9 Å². The van der Waals surface area contributed by atoms with Gasteiger partial charge in [0.25, 0.3) is 0 Å². The average molecular weight is 464 g/mol. The number of aliphatic carboxylic acids is 1. The lowest BCUT2D eigenvalue weighted by atomic mass is 9.93. The molecule has 1 heterocycles. The average Bonchev–Trinajstić information content (AvgIpc) is 2.95. The molecule has 0 radical (unpaired) electrons. The van der Waals surface area contributed by atoms with E-state index in [9.17, 15) is 9.59 Å². The summed E-state index contributed by atoms with van der Waals surface area (Å²) in [4.78, 5) is 25.4. The summed E-state index contributed by atoms with van der Waals surface area (Å²) in [5.41, 5.74) is 0.480. The minimum Gasteiger partial charge on any atom is -0.480 e. The van der Waals surface area contributed by atoms with Crippen molar-refractivity contribution in [2.24, 2.45) is 0 Å². The van der Waals surface area contributed by atoms with Gasteiger partial charge in [-0.15, -0.1) is 0 Å². The van der Waals surface area contributed by atoms with Crippen LogP contribution in [0.15, 0.2) is 59.1 Å². The van der Waals surface area contributed by atoms with E-state index in [-0.39, 0.29) is 19.8 Å². The number of hydrogen-bond acceptors (Lipinski definition) is 5. The molecule has 1 saturated heterocycles. The van der Waals surface area contributed by atoms with Crippen LogP contribution in [0.3, 0.4) is 0 Å². The highest BCUT2D eigenvalue weighted by atomic mass is 79.9. The van der Waals surface area contributed by atoms with Crippen molar-refractivity contribution in [1.29, 1.82) is 0 Å². The third-order valence-corrected chi connectivity index (χ3v) is 5.07. The molecule has 1 amide bonds. The van der Waals surface area contributed by atoms with Crippen LogP contribution in [-0.2, 0) is 31.2 Å². The van der Waals surface area contributed by atoms with Crippen LogP contribution < -0.4 is 0 Å². The van der Waals surface area contributed by atoms with Crippen molar-refractivity contribution in [2.75, 3.05) is 32.9 Å². The monoisotopic (exact) mass is 463 g/mol. The molecule has 7 nitrogen and oxygen atoms in total. The van der Waals surface area contributed by atoms with Crippen LogP contribution in [0.1, 0.15) is 11.1 Å². The number of carbonyl (C=O) groups is 2. The molecule has 8 heteroatoms. The molecule has 0 aromatic heterocycles. The van der Waals surface area contributed by atoms with E-state index in [0.29, 0.717) is 13.2 Å². The summed E-state index contributed by atoms with van der Waals surface area (Å²) in [6.07, 6.45) is -0.502. The van der Waals surface area contributed by atoms with Gasteiger partial charge in [-0.2, -0.15) is 0 Å². The smallest absolute Gasteiger partial charge is 0.410 e. The van der Waals surface area contributed by atoms with Gasteiger partial charge in [-0.25, -0.2) is 9.59 Å².